The van der Waals surface area contributed by atoms with Gasteiger partial charge in [0.05, 0.1) is 5.92 Å². The van der Waals surface area contributed by atoms with Gasteiger partial charge in [0.2, 0.25) is 0 Å². The van der Waals surface area contributed by atoms with Gasteiger partial charge in [0, 0.05) is 45.4 Å². The van der Waals surface area contributed by atoms with E-state index in [0.29, 0.717) is 19.0 Å². The average Bonchev–Trinajstić information content (AvgIpc) is 2.64. The maximum atomic E-state index is 12.9. The number of nitrogens with zero attached hydrogens (tertiary/aromatic N) is 1. The molecule has 2 aliphatic rings. The van der Waals surface area contributed by atoms with Gasteiger partial charge in [-0.05, 0) is 25.7 Å². The Morgan fingerprint density at radius 3 is 2.58 bits per heavy atom. The van der Waals surface area contributed by atoms with Crippen LogP contribution in [0.3, 0.4) is 0 Å². The molecule has 0 aromatic rings. The van der Waals surface area contributed by atoms with Crippen LogP contribution in [0.4, 0.5) is 13.2 Å². The molecule has 1 N–H and O–H groups in total. The summed E-state index contributed by atoms with van der Waals surface area (Å²) in [5.41, 5.74) is 0. The average molecular weight is 280 g/mol. The van der Waals surface area contributed by atoms with Crippen molar-refractivity contribution >= 4 is 0 Å². The van der Waals surface area contributed by atoms with Gasteiger partial charge >= 0.3 is 6.18 Å². The summed E-state index contributed by atoms with van der Waals surface area (Å²) in [5.74, 6) is -0.793. The number of ether oxygens (including phenoxy) is 1. The summed E-state index contributed by atoms with van der Waals surface area (Å²) in [5, 5.41) is 2.91. The van der Waals surface area contributed by atoms with Crippen LogP contribution < -0.4 is 5.32 Å². The number of hydrogen-bond acceptors (Lipinski definition) is 3. The molecule has 2 atom stereocenters. The van der Waals surface area contributed by atoms with Crippen molar-refractivity contribution in [1.82, 2.24) is 10.2 Å². The Kier molecular flexibility index (Phi) is 5.09. The minimum atomic E-state index is -4.11. The molecule has 0 aromatic carbocycles. The van der Waals surface area contributed by atoms with E-state index < -0.39 is 12.1 Å². The molecule has 0 bridgehead atoms. The largest absolute Gasteiger partial charge is 0.394 e. The van der Waals surface area contributed by atoms with Crippen molar-refractivity contribution in [2.24, 2.45) is 11.8 Å². The second kappa shape index (κ2) is 6.41. The van der Waals surface area contributed by atoms with Crippen molar-refractivity contribution in [3.63, 3.8) is 0 Å². The fourth-order valence-corrected chi connectivity index (χ4v) is 3.02. The van der Waals surface area contributed by atoms with Crippen LogP contribution in [-0.4, -0.2) is 56.5 Å². The van der Waals surface area contributed by atoms with E-state index in [-0.39, 0.29) is 19.1 Å². The summed E-state index contributed by atoms with van der Waals surface area (Å²) < 4.78 is 44.1. The quantitative estimate of drug-likeness (QED) is 0.836. The minimum absolute atomic E-state index is 0.0422. The van der Waals surface area contributed by atoms with E-state index in [4.69, 9.17) is 4.74 Å². The molecule has 2 aliphatic heterocycles. The number of halogens is 3. The van der Waals surface area contributed by atoms with Crippen molar-refractivity contribution in [2.75, 3.05) is 39.4 Å². The van der Waals surface area contributed by atoms with Crippen LogP contribution >= 0.6 is 0 Å². The van der Waals surface area contributed by atoms with Crippen molar-refractivity contribution in [3.8, 4) is 0 Å². The predicted octanol–water partition coefficient (Wildman–Crippen LogP) is 1.89. The third kappa shape index (κ3) is 4.07. The Hall–Kier alpha value is -0.330. The van der Waals surface area contributed by atoms with E-state index in [2.05, 4.69) is 12.2 Å². The number of alkyl halides is 3. The topological polar surface area (TPSA) is 24.5 Å². The van der Waals surface area contributed by atoms with Crippen molar-refractivity contribution in [3.05, 3.63) is 0 Å². The zero-order chi connectivity index (χ0) is 13.9. The summed E-state index contributed by atoms with van der Waals surface area (Å²) in [7, 11) is 0. The Morgan fingerprint density at radius 1 is 1.26 bits per heavy atom. The first-order valence-electron chi connectivity index (χ1n) is 7.07. The molecule has 0 radical (unpaired) electrons. The third-order valence-electron chi connectivity index (χ3n) is 4.41. The van der Waals surface area contributed by atoms with Gasteiger partial charge in [0.15, 0.2) is 0 Å². The normalized spacial score (nSPS) is 30.0. The van der Waals surface area contributed by atoms with Crippen molar-refractivity contribution in [2.45, 2.75) is 32.0 Å². The second-order valence-electron chi connectivity index (χ2n) is 5.63. The fraction of sp³-hybridized carbons (Fsp3) is 1.00. The molecule has 112 valence electrons. The fourth-order valence-electron chi connectivity index (χ4n) is 3.02. The Balaban J connectivity index is 1.96. The van der Waals surface area contributed by atoms with Crippen LogP contribution in [0.2, 0.25) is 0 Å². The molecule has 0 spiro atoms. The lowest BCUT2D eigenvalue weighted by Gasteiger charge is -2.37. The van der Waals surface area contributed by atoms with Gasteiger partial charge in [-0.15, -0.1) is 0 Å². The lowest BCUT2D eigenvalue weighted by atomic mass is 9.91. The van der Waals surface area contributed by atoms with Gasteiger partial charge in [-0.25, -0.2) is 0 Å². The van der Waals surface area contributed by atoms with Gasteiger partial charge < -0.3 is 10.1 Å². The highest BCUT2D eigenvalue weighted by Crippen LogP contribution is 2.30. The Bertz CT molecular complexity index is 280. The van der Waals surface area contributed by atoms with E-state index in [9.17, 15) is 13.2 Å². The van der Waals surface area contributed by atoms with E-state index in [0.717, 1.165) is 26.1 Å². The minimum Gasteiger partial charge on any atom is -0.381 e. The monoisotopic (exact) mass is 280 g/mol. The van der Waals surface area contributed by atoms with Crippen LogP contribution in [0.25, 0.3) is 0 Å². The smallest absolute Gasteiger partial charge is 0.381 e. The van der Waals surface area contributed by atoms with Crippen LogP contribution in [0.1, 0.15) is 19.8 Å². The van der Waals surface area contributed by atoms with E-state index in [1.54, 1.807) is 0 Å². The van der Waals surface area contributed by atoms with Crippen LogP contribution in [0.5, 0.6) is 0 Å². The molecule has 2 heterocycles. The van der Waals surface area contributed by atoms with Gasteiger partial charge in [0.1, 0.15) is 0 Å². The molecule has 2 fully saturated rings. The molecule has 2 rings (SSSR count). The molecule has 0 aromatic heterocycles. The number of rotatable bonds is 2. The molecular weight excluding hydrogens is 257 g/mol. The molecule has 6 heteroatoms. The highest BCUT2D eigenvalue weighted by molar-refractivity contribution is 4.84. The first kappa shape index (κ1) is 15.1. The lowest BCUT2D eigenvalue weighted by Crippen LogP contribution is -2.45. The van der Waals surface area contributed by atoms with Crippen molar-refractivity contribution in [1.29, 1.82) is 0 Å². The van der Waals surface area contributed by atoms with Crippen LogP contribution in [0.15, 0.2) is 0 Å². The first-order valence-corrected chi connectivity index (χ1v) is 7.07. The molecule has 0 saturated carbocycles. The molecule has 19 heavy (non-hydrogen) atoms. The standard InChI is InChI=1S/C13H23F3N2O/c1-10(11-2-6-19-7-3-11)18-5-4-17-8-12(9-18)13(14,15)16/h10-12,17H,2-9H2,1H3. The highest BCUT2D eigenvalue weighted by Gasteiger charge is 2.42. The predicted molar refractivity (Wildman–Crippen MR) is 67.0 cm³/mol. The Labute approximate surface area is 112 Å². The van der Waals surface area contributed by atoms with Crippen LogP contribution in [0, 0.1) is 11.8 Å². The number of hydrogen-bond donors (Lipinski definition) is 1. The van der Waals surface area contributed by atoms with Gasteiger partial charge in [-0.1, -0.05) is 0 Å². The lowest BCUT2D eigenvalue weighted by molar-refractivity contribution is -0.177. The zero-order valence-corrected chi connectivity index (χ0v) is 11.4. The second-order valence-corrected chi connectivity index (χ2v) is 5.63. The highest BCUT2D eigenvalue weighted by atomic mass is 19.4. The number of nitrogens with one attached hydrogen (secondary N) is 1. The van der Waals surface area contributed by atoms with E-state index in [1.165, 1.54) is 0 Å². The third-order valence-corrected chi connectivity index (χ3v) is 4.41. The van der Waals surface area contributed by atoms with Gasteiger partial charge in [-0.2, -0.15) is 13.2 Å². The Morgan fingerprint density at radius 2 is 1.95 bits per heavy atom. The summed E-state index contributed by atoms with van der Waals surface area (Å²) in [6, 6.07) is 0.202. The molecule has 2 saturated heterocycles. The molecular formula is C13H23F3N2O. The van der Waals surface area contributed by atoms with Gasteiger partial charge in [-0.3, -0.25) is 4.90 Å². The SMILES string of the molecule is CC(C1CCOCC1)N1CCNCC(C(F)(F)F)C1. The summed E-state index contributed by atoms with van der Waals surface area (Å²) in [6.07, 6.45) is -2.19. The van der Waals surface area contributed by atoms with E-state index in [1.807, 2.05) is 4.90 Å². The maximum absolute atomic E-state index is 12.9. The summed E-state index contributed by atoms with van der Waals surface area (Å²) in [4.78, 5) is 2.01. The van der Waals surface area contributed by atoms with Crippen molar-refractivity contribution < 1.29 is 17.9 Å². The molecule has 2 unspecified atom stereocenters. The maximum Gasteiger partial charge on any atom is 0.394 e. The zero-order valence-electron chi connectivity index (χ0n) is 11.4. The molecule has 0 aliphatic carbocycles. The molecule has 3 nitrogen and oxygen atoms in total. The molecule has 0 amide bonds. The van der Waals surface area contributed by atoms with E-state index >= 15 is 0 Å². The summed E-state index contributed by atoms with van der Waals surface area (Å²) in [6.45, 7) is 5.04. The first-order chi connectivity index (χ1) is 8.98. The van der Waals surface area contributed by atoms with Gasteiger partial charge in [0.25, 0.3) is 0 Å². The summed E-state index contributed by atoms with van der Waals surface area (Å²) >= 11 is 0. The van der Waals surface area contributed by atoms with Crippen LogP contribution in [-0.2, 0) is 4.74 Å².